The number of aromatic nitrogens is 1. The average Bonchev–Trinajstić information content (AvgIpc) is 2.89. The Balaban J connectivity index is 2.12. The third kappa shape index (κ3) is 2.64. The van der Waals surface area contributed by atoms with Crippen molar-refractivity contribution in [1.82, 2.24) is 5.16 Å². The molecule has 0 fully saturated rings. The molecule has 2 aromatic carbocycles. The molecule has 0 aliphatic heterocycles. The highest BCUT2D eigenvalue weighted by Crippen LogP contribution is 2.37. The molecule has 0 spiro atoms. The molecule has 21 heavy (non-hydrogen) atoms. The maximum Gasteiger partial charge on any atom is 0.230 e. The molecule has 0 saturated heterocycles. The van der Waals surface area contributed by atoms with Gasteiger partial charge in [0.05, 0.1) is 12.7 Å². The van der Waals surface area contributed by atoms with Gasteiger partial charge in [0.15, 0.2) is 0 Å². The molecule has 3 rings (SSSR count). The van der Waals surface area contributed by atoms with E-state index in [0.717, 1.165) is 26.9 Å². The van der Waals surface area contributed by atoms with Gasteiger partial charge in [-0.05, 0) is 42.0 Å². The lowest BCUT2D eigenvalue weighted by molar-refractivity contribution is 0.415. The van der Waals surface area contributed by atoms with Gasteiger partial charge < -0.3 is 15.0 Å². The average molecular weight is 345 g/mol. The number of hydrogen-bond donors (Lipinski definition) is 1. The fourth-order valence-electron chi connectivity index (χ4n) is 2.17. The van der Waals surface area contributed by atoms with Crippen LogP contribution in [0.25, 0.3) is 22.4 Å². The first kappa shape index (κ1) is 13.7. The Morgan fingerprint density at radius 2 is 1.86 bits per heavy atom. The normalized spacial score (nSPS) is 10.6. The predicted octanol–water partition coefficient (Wildman–Crippen LogP) is 4.36. The maximum atomic E-state index is 5.95. The Labute approximate surface area is 130 Å². The van der Waals surface area contributed by atoms with Crippen molar-refractivity contribution < 1.29 is 9.26 Å². The highest BCUT2D eigenvalue weighted by molar-refractivity contribution is 9.10. The fourth-order valence-corrected chi connectivity index (χ4v) is 2.57. The first-order valence-corrected chi connectivity index (χ1v) is 7.14. The summed E-state index contributed by atoms with van der Waals surface area (Å²) in [5, 5.41) is 4.09. The molecule has 1 heterocycles. The molecule has 1 aromatic heterocycles. The third-order valence-electron chi connectivity index (χ3n) is 3.20. The molecule has 0 atom stereocenters. The fraction of sp³-hybridized carbons (Fsp3) is 0.0625. The molecule has 0 aliphatic rings. The number of nitrogens with two attached hydrogens (primary N) is 1. The molecule has 0 amide bonds. The minimum absolute atomic E-state index is 0.305. The summed E-state index contributed by atoms with van der Waals surface area (Å²) in [6.07, 6.45) is 0. The van der Waals surface area contributed by atoms with Crippen LogP contribution < -0.4 is 10.5 Å². The molecule has 0 bridgehead atoms. The van der Waals surface area contributed by atoms with E-state index in [9.17, 15) is 0 Å². The maximum absolute atomic E-state index is 5.95. The summed E-state index contributed by atoms with van der Waals surface area (Å²) in [6, 6.07) is 15.5. The quantitative estimate of drug-likeness (QED) is 0.766. The standard InChI is InChI=1S/C16H13BrN2O2/c1-20-13-7-5-10(6-8-13)15-14(16(18)21-19-15)11-3-2-4-12(17)9-11/h2-9H,18H2,1H3. The lowest BCUT2D eigenvalue weighted by Gasteiger charge is -2.04. The van der Waals surface area contributed by atoms with E-state index in [1.807, 2.05) is 48.5 Å². The Kier molecular flexibility index (Phi) is 3.66. The summed E-state index contributed by atoms with van der Waals surface area (Å²) < 4.78 is 11.3. The second-order valence-corrected chi connectivity index (χ2v) is 5.42. The van der Waals surface area contributed by atoms with E-state index >= 15 is 0 Å². The van der Waals surface area contributed by atoms with Crippen molar-refractivity contribution >= 4 is 21.8 Å². The number of rotatable bonds is 3. The van der Waals surface area contributed by atoms with E-state index in [4.69, 9.17) is 15.0 Å². The van der Waals surface area contributed by atoms with Gasteiger partial charge in [-0.25, -0.2) is 0 Å². The van der Waals surface area contributed by atoms with Gasteiger partial charge in [0.1, 0.15) is 11.4 Å². The van der Waals surface area contributed by atoms with Gasteiger partial charge in [-0.2, -0.15) is 0 Å². The molecule has 5 heteroatoms. The number of methoxy groups -OCH3 is 1. The molecule has 106 valence electrons. The largest absolute Gasteiger partial charge is 0.497 e. The summed E-state index contributed by atoms with van der Waals surface area (Å²) in [5.41, 5.74) is 9.33. The molecule has 3 aromatic rings. The van der Waals surface area contributed by atoms with Crippen molar-refractivity contribution in [3.05, 3.63) is 53.0 Å². The van der Waals surface area contributed by atoms with Gasteiger partial charge in [0.2, 0.25) is 5.88 Å². The van der Waals surface area contributed by atoms with E-state index in [1.165, 1.54) is 0 Å². The van der Waals surface area contributed by atoms with Crippen LogP contribution in [0.15, 0.2) is 57.5 Å². The van der Waals surface area contributed by atoms with Gasteiger partial charge >= 0.3 is 0 Å². The topological polar surface area (TPSA) is 61.3 Å². The first-order chi connectivity index (χ1) is 10.2. The minimum Gasteiger partial charge on any atom is -0.497 e. The van der Waals surface area contributed by atoms with Crippen LogP contribution in [0.2, 0.25) is 0 Å². The molecule has 2 N–H and O–H groups in total. The van der Waals surface area contributed by atoms with Crippen molar-refractivity contribution in [3.8, 4) is 28.1 Å². The summed E-state index contributed by atoms with van der Waals surface area (Å²) in [4.78, 5) is 0. The number of nitrogen functional groups attached to an aromatic ring is 1. The van der Waals surface area contributed by atoms with E-state index in [2.05, 4.69) is 21.1 Å². The summed E-state index contributed by atoms with van der Waals surface area (Å²) >= 11 is 3.46. The highest BCUT2D eigenvalue weighted by Gasteiger charge is 2.17. The van der Waals surface area contributed by atoms with E-state index in [-0.39, 0.29) is 0 Å². The Bertz CT molecular complexity index is 766. The summed E-state index contributed by atoms with van der Waals surface area (Å²) in [5.74, 6) is 1.10. The van der Waals surface area contributed by atoms with Crippen molar-refractivity contribution in [2.45, 2.75) is 0 Å². The number of anilines is 1. The van der Waals surface area contributed by atoms with Crippen LogP contribution in [0.1, 0.15) is 0 Å². The van der Waals surface area contributed by atoms with E-state index < -0.39 is 0 Å². The molecular weight excluding hydrogens is 332 g/mol. The zero-order valence-corrected chi connectivity index (χ0v) is 12.9. The number of halogens is 1. The van der Waals surface area contributed by atoms with Gasteiger partial charge in [-0.3, -0.25) is 0 Å². The van der Waals surface area contributed by atoms with Gasteiger partial charge in [-0.1, -0.05) is 33.2 Å². The predicted molar refractivity (Wildman–Crippen MR) is 86.0 cm³/mol. The van der Waals surface area contributed by atoms with Crippen LogP contribution in [0.3, 0.4) is 0 Å². The minimum atomic E-state index is 0.305. The number of ether oxygens (including phenoxy) is 1. The summed E-state index contributed by atoms with van der Waals surface area (Å²) in [6.45, 7) is 0. The van der Waals surface area contributed by atoms with Crippen LogP contribution in [0.4, 0.5) is 5.88 Å². The second-order valence-electron chi connectivity index (χ2n) is 4.51. The third-order valence-corrected chi connectivity index (χ3v) is 3.69. The highest BCUT2D eigenvalue weighted by atomic mass is 79.9. The van der Waals surface area contributed by atoms with Gasteiger partial charge in [0.25, 0.3) is 0 Å². The summed E-state index contributed by atoms with van der Waals surface area (Å²) in [7, 11) is 1.63. The zero-order chi connectivity index (χ0) is 14.8. The Morgan fingerprint density at radius 3 is 2.52 bits per heavy atom. The smallest absolute Gasteiger partial charge is 0.230 e. The lowest BCUT2D eigenvalue weighted by atomic mass is 10.0. The molecule has 0 saturated carbocycles. The van der Waals surface area contributed by atoms with Crippen molar-refractivity contribution in [1.29, 1.82) is 0 Å². The zero-order valence-electron chi connectivity index (χ0n) is 11.3. The van der Waals surface area contributed by atoms with Crippen LogP contribution in [-0.4, -0.2) is 12.3 Å². The molecule has 0 unspecified atom stereocenters. The number of benzene rings is 2. The molecule has 0 radical (unpaired) electrons. The second kappa shape index (κ2) is 5.61. The molecular formula is C16H13BrN2O2. The van der Waals surface area contributed by atoms with Crippen molar-refractivity contribution in [2.75, 3.05) is 12.8 Å². The first-order valence-electron chi connectivity index (χ1n) is 6.34. The lowest BCUT2D eigenvalue weighted by Crippen LogP contribution is -1.88. The van der Waals surface area contributed by atoms with Crippen LogP contribution >= 0.6 is 15.9 Å². The van der Waals surface area contributed by atoms with E-state index in [0.29, 0.717) is 11.6 Å². The van der Waals surface area contributed by atoms with Crippen LogP contribution in [-0.2, 0) is 0 Å². The van der Waals surface area contributed by atoms with Crippen LogP contribution in [0, 0.1) is 0 Å². The van der Waals surface area contributed by atoms with Gasteiger partial charge in [-0.15, -0.1) is 0 Å². The Hall–Kier alpha value is -2.27. The van der Waals surface area contributed by atoms with Crippen molar-refractivity contribution in [2.24, 2.45) is 0 Å². The Morgan fingerprint density at radius 1 is 1.10 bits per heavy atom. The van der Waals surface area contributed by atoms with Crippen LogP contribution in [0.5, 0.6) is 5.75 Å². The van der Waals surface area contributed by atoms with E-state index in [1.54, 1.807) is 7.11 Å². The van der Waals surface area contributed by atoms with Crippen molar-refractivity contribution in [3.63, 3.8) is 0 Å². The SMILES string of the molecule is COc1ccc(-c2noc(N)c2-c2cccc(Br)c2)cc1. The monoisotopic (exact) mass is 344 g/mol. The van der Waals surface area contributed by atoms with Gasteiger partial charge in [0, 0.05) is 10.0 Å². The number of hydrogen-bond acceptors (Lipinski definition) is 4. The number of nitrogens with zero attached hydrogens (tertiary/aromatic N) is 1. The molecule has 4 nitrogen and oxygen atoms in total. The molecule has 0 aliphatic carbocycles.